The number of carbonyl (C=O) groups excluding carboxylic acids is 1. The van der Waals surface area contributed by atoms with Crippen molar-refractivity contribution in [2.45, 2.75) is 13.1 Å². The molecule has 29 heavy (non-hydrogen) atoms. The Kier molecular flexibility index (Phi) is 7.45. The van der Waals surface area contributed by atoms with E-state index in [0.29, 0.717) is 31.2 Å². The third-order valence-corrected chi connectivity index (χ3v) is 5.45. The molecule has 1 aromatic carbocycles. The zero-order valence-electron chi connectivity index (χ0n) is 15.5. The predicted octanol–water partition coefficient (Wildman–Crippen LogP) is 4.17. The van der Waals surface area contributed by atoms with Crippen molar-refractivity contribution in [2.75, 3.05) is 24.5 Å². The summed E-state index contributed by atoms with van der Waals surface area (Å²) in [4.78, 5) is 25.2. The van der Waals surface area contributed by atoms with Gasteiger partial charge in [0.1, 0.15) is 4.60 Å². The fourth-order valence-corrected chi connectivity index (χ4v) is 3.74. The van der Waals surface area contributed by atoms with E-state index in [1.54, 1.807) is 4.90 Å². The summed E-state index contributed by atoms with van der Waals surface area (Å²) in [6.07, 6.45) is 5.53. The Labute approximate surface area is 193 Å². The molecule has 1 aliphatic heterocycles. The monoisotopic (exact) mass is 539 g/mol. The molecule has 0 atom stereocenters. The molecule has 3 aromatic rings. The molecule has 0 saturated carbocycles. The minimum Gasteiger partial charge on any atom is -0.329 e. The predicted molar refractivity (Wildman–Crippen MR) is 123 cm³/mol. The molecule has 0 aliphatic carbocycles. The number of hydrogen-bond donors (Lipinski definition) is 0. The van der Waals surface area contributed by atoms with Gasteiger partial charge in [-0.2, -0.15) is 0 Å². The molecule has 0 unspecified atom stereocenters. The number of hydrogen-bond acceptors (Lipinski definition) is 4. The van der Waals surface area contributed by atoms with Gasteiger partial charge in [0, 0.05) is 42.7 Å². The molecule has 152 valence electrons. The van der Waals surface area contributed by atoms with Gasteiger partial charge in [0.25, 0.3) is 0 Å². The standard InChI is InChI=1S/C20H19BrClN5O.BrH/c21-19-5-4-15(9-24-19)11-26-14-23-10-18(26)12-25-6-7-27(20(28)13-25)17-3-1-2-16(22)8-17;/h1-5,8-10,14H,6-7,11-13H2;1H. The van der Waals surface area contributed by atoms with Crippen LogP contribution in [0.1, 0.15) is 11.3 Å². The van der Waals surface area contributed by atoms with Crippen molar-refractivity contribution in [2.24, 2.45) is 0 Å². The second-order valence-corrected chi connectivity index (χ2v) is 7.99. The number of halogens is 3. The summed E-state index contributed by atoms with van der Waals surface area (Å²) in [5, 5.41) is 0.638. The topological polar surface area (TPSA) is 54.3 Å². The van der Waals surface area contributed by atoms with Gasteiger partial charge >= 0.3 is 0 Å². The minimum atomic E-state index is 0. The number of aromatic nitrogens is 3. The van der Waals surface area contributed by atoms with Gasteiger partial charge < -0.3 is 9.47 Å². The molecule has 0 radical (unpaired) electrons. The van der Waals surface area contributed by atoms with E-state index in [-0.39, 0.29) is 22.9 Å². The second-order valence-electron chi connectivity index (χ2n) is 6.74. The Morgan fingerprint density at radius 1 is 1.10 bits per heavy atom. The smallest absolute Gasteiger partial charge is 0.241 e. The summed E-state index contributed by atoms with van der Waals surface area (Å²) in [6, 6.07) is 11.4. The van der Waals surface area contributed by atoms with Crippen LogP contribution in [0.5, 0.6) is 0 Å². The SMILES string of the molecule is Br.O=C1CN(Cc2cncn2Cc2ccc(Br)nc2)CCN1c1cccc(Cl)c1. The van der Waals surface area contributed by atoms with Crippen LogP contribution in [0, 0.1) is 0 Å². The van der Waals surface area contributed by atoms with E-state index in [9.17, 15) is 4.79 Å². The van der Waals surface area contributed by atoms with Crippen LogP contribution >= 0.6 is 44.5 Å². The van der Waals surface area contributed by atoms with Gasteiger partial charge in [-0.3, -0.25) is 9.69 Å². The number of amides is 1. The maximum Gasteiger partial charge on any atom is 0.241 e. The first-order chi connectivity index (χ1) is 13.6. The molecule has 3 heterocycles. The van der Waals surface area contributed by atoms with Crippen LogP contribution in [-0.2, 0) is 17.9 Å². The molecule has 0 N–H and O–H groups in total. The van der Waals surface area contributed by atoms with Crippen LogP contribution in [0.15, 0.2) is 59.7 Å². The Hall–Kier alpha value is -1.74. The lowest BCUT2D eigenvalue weighted by atomic mass is 10.2. The van der Waals surface area contributed by atoms with Gasteiger partial charge in [-0.25, -0.2) is 9.97 Å². The first kappa shape index (κ1) is 22.0. The largest absolute Gasteiger partial charge is 0.329 e. The van der Waals surface area contributed by atoms with Gasteiger partial charge in [-0.15, -0.1) is 17.0 Å². The van der Waals surface area contributed by atoms with Crippen molar-refractivity contribution in [3.05, 3.63) is 76.0 Å². The fraction of sp³-hybridized carbons (Fsp3) is 0.250. The fourth-order valence-electron chi connectivity index (χ4n) is 3.32. The number of nitrogens with zero attached hydrogens (tertiary/aromatic N) is 5. The van der Waals surface area contributed by atoms with Gasteiger partial charge in [-0.1, -0.05) is 23.7 Å². The summed E-state index contributed by atoms with van der Waals surface area (Å²) in [5.41, 5.74) is 3.03. The Morgan fingerprint density at radius 3 is 2.69 bits per heavy atom. The molecule has 2 aromatic heterocycles. The number of carbonyl (C=O) groups is 1. The molecule has 0 bridgehead atoms. The van der Waals surface area contributed by atoms with Crippen LogP contribution < -0.4 is 4.90 Å². The summed E-state index contributed by atoms with van der Waals surface area (Å²) < 4.78 is 2.91. The highest BCUT2D eigenvalue weighted by atomic mass is 79.9. The molecule has 1 aliphatic rings. The van der Waals surface area contributed by atoms with Crippen LogP contribution in [0.3, 0.4) is 0 Å². The van der Waals surface area contributed by atoms with Crippen molar-refractivity contribution < 1.29 is 4.79 Å². The quantitative estimate of drug-likeness (QED) is 0.455. The Balaban J connectivity index is 0.00000240. The first-order valence-corrected chi connectivity index (χ1v) is 10.1. The van der Waals surface area contributed by atoms with E-state index in [4.69, 9.17) is 11.6 Å². The van der Waals surface area contributed by atoms with Gasteiger partial charge in [0.05, 0.1) is 25.1 Å². The van der Waals surface area contributed by atoms with Crippen molar-refractivity contribution in [3.63, 3.8) is 0 Å². The van der Waals surface area contributed by atoms with Crippen LogP contribution in [0.25, 0.3) is 0 Å². The highest BCUT2D eigenvalue weighted by Gasteiger charge is 2.25. The van der Waals surface area contributed by atoms with Crippen LogP contribution in [0.4, 0.5) is 5.69 Å². The highest BCUT2D eigenvalue weighted by molar-refractivity contribution is 9.10. The normalized spacial score (nSPS) is 14.7. The molecule has 4 rings (SSSR count). The molecule has 1 saturated heterocycles. The van der Waals surface area contributed by atoms with E-state index in [1.165, 1.54) is 0 Å². The Morgan fingerprint density at radius 2 is 1.97 bits per heavy atom. The van der Waals surface area contributed by atoms with Crippen molar-refractivity contribution >= 4 is 56.1 Å². The molecular formula is C20H20Br2ClN5O. The summed E-state index contributed by atoms with van der Waals surface area (Å²) in [7, 11) is 0. The van der Waals surface area contributed by atoms with E-state index in [1.807, 2.05) is 55.1 Å². The van der Waals surface area contributed by atoms with E-state index < -0.39 is 0 Å². The lowest BCUT2D eigenvalue weighted by Crippen LogP contribution is -2.50. The number of benzene rings is 1. The van der Waals surface area contributed by atoms with Gasteiger partial charge in [0.2, 0.25) is 5.91 Å². The van der Waals surface area contributed by atoms with Gasteiger partial charge in [-0.05, 0) is 45.8 Å². The first-order valence-electron chi connectivity index (χ1n) is 8.96. The highest BCUT2D eigenvalue weighted by Crippen LogP contribution is 2.22. The molecule has 1 amide bonds. The number of imidazole rings is 1. The molecule has 6 nitrogen and oxygen atoms in total. The zero-order valence-corrected chi connectivity index (χ0v) is 19.6. The second kappa shape index (κ2) is 9.84. The zero-order chi connectivity index (χ0) is 19.5. The summed E-state index contributed by atoms with van der Waals surface area (Å²) >= 11 is 9.42. The van der Waals surface area contributed by atoms with Gasteiger partial charge in [0.15, 0.2) is 0 Å². The summed E-state index contributed by atoms with van der Waals surface area (Å²) in [6.45, 7) is 3.19. The van der Waals surface area contributed by atoms with Crippen molar-refractivity contribution in [3.8, 4) is 0 Å². The molecule has 0 spiro atoms. The van der Waals surface area contributed by atoms with E-state index in [2.05, 4.69) is 35.4 Å². The number of rotatable bonds is 5. The number of piperazine rings is 1. The molecule has 1 fully saturated rings. The molecule has 9 heteroatoms. The number of pyridine rings is 1. The van der Waals surface area contributed by atoms with E-state index in [0.717, 1.165) is 28.1 Å². The average Bonchev–Trinajstić information content (AvgIpc) is 3.10. The third kappa shape index (κ3) is 5.45. The van der Waals surface area contributed by atoms with E-state index >= 15 is 0 Å². The maximum absolute atomic E-state index is 12.7. The van der Waals surface area contributed by atoms with Crippen LogP contribution in [0.2, 0.25) is 5.02 Å². The minimum absolute atomic E-state index is 0. The summed E-state index contributed by atoms with van der Waals surface area (Å²) in [5.74, 6) is 0.0803. The van der Waals surface area contributed by atoms with Crippen molar-refractivity contribution in [1.29, 1.82) is 0 Å². The average molecular weight is 542 g/mol. The van der Waals surface area contributed by atoms with Crippen molar-refractivity contribution in [1.82, 2.24) is 19.4 Å². The molecular weight excluding hydrogens is 522 g/mol. The third-order valence-electron chi connectivity index (χ3n) is 4.75. The maximum atomic E-state index is 12.7. The lowest BCUT2D eigenvalue weighted by Gasteiger charge is -2.34. The van der Waals surface area contributed by atoms with Crippen LogP contribution in [-0.4, -0.2) is 45.0 Å². The number of anilines is 1. The Bertz CT molecular complexity index is 979. The lowest BCUT2D eigenvalue weighted by molar-refractivity contribution is -0.121.